The van der Waals surface area contributed by atoms with Crippen molar-refractivity contribution in [2.75, 3.05) is 21.3 Å². The van der Waals surface area contributed by atoms with Gasteiger partial charge in [0, 0.05) is 5.56 Å². The monoisotopic (exact) mass is 223 g/mol. The zero-order valence-electron chi connectivity index (χ0n) is 9.44. The van der Waals surface area contributed by atoms with Gasteiger partial charge in [-0.3, -0.25) is 9.79 Å². The van der Waals surface area contributed by atoms with E-state index in [1.807, 2.05) is 0 Å². The van der Waals surface area contributed by atoms with Crippen LogP contribution in [-0.4, -0.2) is 34.3 Å². The molecule has 1 aromatic carbocycles. The van der Waals surface area contributed by atoms with E-state index in [4.69, 9.17) is 14.2 Å². The Balaban J connectivity index is 3.60. The van der Waals surface area contributed by atoms with Crippen molar-refractivity contribution in [3.63, 3.8) is 0 Å². The number of carbonyl (C=O) groups is 1. The molecule has 0 saturated carbocycles. The second kappa shape index (κ2) is 5.16. The summed E-state index contributed by atoms with van der Waals surface area (Å²) in [6.45, 7) is 3.39. The zero-order valence-corrected chi connectivity index (χ0v) is 9.44. The summed E-state index contributed by atoms with van der Waals surface area (Å²) in [6, 6.07) is 1.53. The molecule has 0 spiro atoms. The molecule has 0 heterocycles. The van der Waals surface area contributed by atoms with E-state index in [9.17, 15) is 4.79 Å². The number of hydrogen-bond donors (Lipinski definition) is 0. The summed E-state index contributed by atoms with van der Waals surface area (Å²) < 4.78 is 15.4. The Labute approximate surface area is 93.7 Å². The summed E-state index contributed by atoms with van der Waals surface area (Å²) in [5.41, 5.74) is 0.680. The van der Waals surface area contributed by atoms with Crippen LogP contribution in [0.1, 0.15) is 10.4 Å². The maximum absolute atomic E-state index is 10.9. The Hall–Kier alpha value is -2.04. The Morgan fingerprint density at radius 1 is 1.19 bits per heavy atom. The minimum absolute atomic E-state index is 0.332. The Bertz CT molecular complexity index is 415. The third-order valence-corrected chi connectivity index (χ3v) is 2.12. The molecule has 16 heavy (non-hydrogen) atoms. The van der Waals surface area contributed by atoms with Crippen LogP contribution in [0.15, 0.2) is 11.1 Å². The molecule has 0 aliphatic carbocycles. The maximum Gasteiger partial charge on any atom is 0.205 e. The van der Waals surface area contributed by atoms with Gasteiger partial charge >= 0.3 is 0 Å². The largest absolute Gasteiger partial charge is 0.493 e. The number of methoxy groups -OCH3 is 3. The highest BCUT2D eigenvalue weighted by molar-refractivity contribution is 5.89. The van der Waals surface area contributed by atoms with Crippen molar-refractivity contribution in [1.29, 1.82) is 0 Å². The minimum Gasteiger partial charge on any atom is -0.493 e. The van der Waals surface area contributed by atoms with E-state index < -0.39 is 0 Å². The van der Waals surface area contributed by atoms with Crippen LogP contribution < -0.4 is 14.2 Å². The molecular weight excluding hydrogens is 210 g/mol. The summed E-state index contributed by atoms with van der Waals surface area (Å²) in [7, 11) is 4.42. The van der Waals surface area contributed by atoms with E-state index in [0.717, 1.165) is 0 Å². The Kier molecular flexibility index (Phi) is 3.88. The van der Waals surface area contributed by atoms with Gasteiger partial charge in [-0.1, -0.05) is 0 Å². The van der Waals surface area contributed by atoms with Gasteiger partial charge in [0.25, 0.3) is 0 Å². The number of hydrogen-bond acceptors (Lipinski definition) is 5. The molecule has 5 heteroatoms. The maximum atomic E-state index is 10.9. The van der Waals surface area contributed by atoms with Crippen molar-refractivity contribution in [2.24, 2.45) is 4.99 Å². The first-order valence-corrected chi connectivity index (χ1v) is 4.48. The van der Waals surface area contributed by atoms with Crippen LogP contribution in [0.5, 0.6) is 17.2 Å². The van der Waals surface area contributed by atoms with E-state index in [2.05, 4.69) is 11.7 Å². The van der Waals surface area contributed by atoms with Gasteiger partial charge in [0.05, 0.1) is 21.3 Å². The van der Waals surface area contributed by atoms with Crippen molar-refractivity contribution in [3.8, 4) is 17.2 Å². The van der Waals surface area contributed by atoms with Gasteiger partial charge in [0.2, 0.25) is 5.75 Å². The molecule has 0 aromatic heterocycles. The van der Waals surface area contributed by atoms with Gasteiger partial charge < -0.3 is 14.2 Å². The van der Waals surface area contributed by atoms with E-state index >= 15 is 0 Å². The van der Waals surface area contributed by atoms with Crippen LogP contribution in [0.4, 0.5) is 5.69 Å². The molecule has 0 aliphatic heterocycles. The number of carbonyl (C=O) groups excluding carboxylic acids is 1. The molecule has 0 amide bonds. The first-order valence-electron chi connectivity index (χ1n) is 4.48. The van der Waals surface area contributed by atoms with E-state index in [0.29, 0.717) is 34.8 Å². The van der Waals surface area contributed by atoms with E-state index in [1.165, 1.54) is 27.4 Å². The highest BCUT2D eigenvalue weighted by Crippen LogP contribution is 2.45. The van der Waals surface area contributed by atoms with Crippen LogP contribution in [0, 0.1) is 0 Å². The molecule has 0 atom stereocenters. The lowest BCUT2D eigenvalue weighted by Gasteiger charge is -2.14. The molecule has 0 fully saturated rings. The SMILES string of the molecule is C=Nc1c(C=O)cc(OC)c(OC)c1OC. The number of nitrogens with zero attached hydrogens (tertiary/aromatic N) is 1. The number of ether oxygens (including phenoxy) is 3. The predicted molar refractivity (Wildman–Crippen MR) is 60.7 cm³/mol. The number of aliphatic imine (C=N–C) groups is 1. The number of benzene rings is 1. The Morgan fingerprint density at radius 3 is 2.19 bits per heavy atom. The average molecular weight is 223 g/mol. The zero-order chi connectivity index (χ0) is 12.1. The normalized spacial score (nSPS) is 9.44. The number of aldehydes is 1. The predicted octanol–water partition coefficient (Wildman–Crippen LogP) is 1.86. The third kappa shape index (κ3) is 1.84. The van der Waals surface area contributed by atoms with Crippen molar-refractivity contribution in [2.45, 2.75) is 0 Å². The Morgan fingerprint density at radius 2 is 1.81 bits per heavy atom. The second-order valence-corrected chi connectivity index (χ2v) is 2.86. The lowest BCUT2D eigenvalue weighted by Crippen LogP contribution is -1.97. The lowest BCUT2D eigenvalue weighted by molar-refractivity contribution is 0.112. The molecule has 0 radical (unpaired) electrons. The van der Waals surface area contributed by atoms with Crippen molar-refractivity contribution < 1.29 is 19.0 Å². The average Bonchev–Trinajstić information content (AvgIpc) is 2.35. The van der Waals surface area contributed by atoms with Crippen LogP contribution in [0.2, 0.25) is 0 Å². The lowest BCUT2D eigenvalue weighted by atomic mass is 10.1. The molecule has 1 rings (SSSR count). The molecule has 0 saturated heterocycles. The highest BCUT2D eigenvalue weighted by Gasteiger charge is 2.19. The van der Waals surface area contributed by atoms with Crippen molar-refractivity contribution in [1.82, 2.24) is 0 Å². The number of rotatable bonds is 5. The van der Waals surface area contributed by atoms with E-state index in [1.54, 1.807) is 0 Å². The summed E-state index contributed by atoms with van der Waals surface area (Å²) in [4.78, 5) is 14.6. The molecular formula is C11H13NO4. The summed E-state index contributed by atoms with van der Waals surface area (Å²) in [6.07, 6.45) is 0.661. The van der Waals surface area contributed by atoms with Gasteiger partial charge in [-0.2, -0.15) is 0 Å². The smallest absolute Gasteiger partial charge is 0.205 e. The van der Waals surface area contributed by atoms with Gasteiger partial charge in [-0.05, 0) is 12.8 Å². The van der Waals surface area contributed by atoms with E-state index in [-0.39, 0.29) is 0 Å². The molecule has 1 aromatic rings. The summed E-state index contributed by atoms with van der Waals surface area (Å²) in [5.74, 6) is 1.13. The highest BCUT2D eigenvalue weighted by atomic mass is 16.5. The van der Waals surface area contributed by atoms with Crippen LogP contribution in [-0.2, 0) is 0 Å². The summed E-state index contributed by atoms with van der Waals surface area (Å²) >= 11 is 0. The van der Waals surface area contributed by atoms with Gasteiger partial charge in [-0.15, -0.1) is 0 Å². The molecule has 0 aliphatic rings. The van der Waals surface area contributed by atoms with Crippen molar-refractivity contribution >= 4 is 18.7 Å². The van der Waals surface area contributed by atoms with Crippen LogP contribution in [0.3, 0.4) is 0 Å². The van der Waals surface area contributed by atoms with Gasteiger partial charge in [-0.25, -0.2) is 0 Å². The minimum atomic E-state index is 0.332. The standard InChI is InChI=1S/C11H13NO4/c1-12-9-7(6-13)5-8(14-2)10(15-3)11(9)16-4/h5-6H,1H2,2-4H3. The third-order valence-electron chi connectivity index (χ3n) is 2.12. The van der Waals surface area contributed by atoms with Crippen LogP contribution >= 0.6 is 0 Å². The fraction of sp³-hybridized carbons (Fsp3) is 0.273. The molecule has 0 N–H and O–H groups in total. The first-order chi connectivity index (χ1) is 7.73. The van der Waals surface area contributed by atoms with Gasteiger partial charge in [0.1, 0.15) is 5.69 Å². The quantitative estimate of drug-likeness (QED) is 0.564. The molecule has 0 unspecified atom stereocenters. The first kappa shape index (κ1) is 12.0. The molecule has 0 bridgehead atoms. The second-order valence-electron chi connectivity index (χ2n) is 2.86. The summed E-state index contributed by atoms with van der Waals surface area (Å²) in [5, 5.41) is 0. The fourth-order valence-electron chi connectivity index (χ4n) is 1.41. The van der Waals surface area contributed by atoms with Gasteiger partial charge in [0.15, 0.2) is 17.8 Å². The molecule has 86 valence electrons. The molecule has 5 nitrogen and oxygen atoms in total. The van der Waals surface area contributed by atoms with Crippen molar-refractivity contribution in [3.05, 3.63) is 11.6 Å². The van der Waals surface area contributed by atoms with Crippen LogP contribution in [0.25, 0.3) is 0 Å². The topological polar surface area (TPSA) is 57.1 Å². The fourth-order valence-corrected chi connectivity index (χ4v) is 1.41.